The molecule has 1 aromatic rings. The van der Waals surface area contributed by atoms with E-state index in [1.165, 1.54) is 0 Å². The van der Waals surface area contributed by atoms with E-state index in [9.17, 15) is 26.7 Å². The van der Waals surface area contributed by atoms with Gasteiger partial charge in [-0.3, -0.25) is 0 Å². The van der Waals surface area contributed by atoms with Gasteiger partial charge in [0.15, 0.2) is 23.3 Å². The number of benzene rings is 1. The summed E-state index contributed by atoms with van der Waals surface area (Å²) in [5.41, 5.74) is -2.12. The molecule has 4 nitrogen and oxygen atoms in total. The van der Waals surface area contributed by atoms with Crippen LogP contribution in [0.25, 0.3) is 0 Å². The second-order valence-corrected chi connectivity index (χ2v) is 5.12. The number of urea groups is 1. The van der Waals surface area contributed by atoms with Gasteiger partial charge in [-0.25, -0.2) is 26.7 Å². The number of anilines is 1. The van der Waals surface area contributed by atoms with Crippen molar-refractivity contribution in [3.05, 3.63) is 29.1 Å². The zero-order valence-corrected chi connectivity index (χ0v) is 13.4. The van der Waals surface area contributed by atoms with E-state index in [-0.39, 0.29) is 6.54 Å². The van der Waals surface area contributed by atoms with Gasteiger partial charge >= 0.3 is 6.03 Å². The van der Waals surface area contributed by atoms with E-state index in [2.05, 4.69) is 5.32 Å². The largest absolute Gasteiger partial charge is 0.421 e. The maximum Gasteiger partial charge on any atom is 0.319 e. The van der Waals surface area contributed by atoms with Crippen LogP contribution in [0.15, 0.2) is 0 Å². The molecule has 0 saturated heterocycles. The summed E-state index contributed by atoms with van der Waals surface area (Å²) >= 11 is 0. The lowest BCUT2D eigenvalue weighted by atomic mass is 10.1. The minimum atomic E-state index is -2.29. The van der Waals surface area contributed by atoms with Crippen molar-refractivity contribution in [1.29, 1.82) is 0 Å². The topological polar surface area (TPSA) is 50.4 Å². The zero-order valence-electron chi connectivity index (χ0n) is 11.4. The highest BCUT2D eigenvalue weighted by atomic mass is 28.2. The molecule has 21 heavy (non-hydrogen) atoms. The molecule has 0 atom stereocenters. The summed E-state index contributed by atoms with van der Waals surface area (Å²) in [5.74, 6) is -10.8. The summed E-state index contributed by atoms with van der Waals surface area (Å²) in [5, 5.41) is 3.80. The van der Waals surface area contributed by atoms with Crippen molar-refractivity contribution in [3.8, 4) is 0 Å². The SMILES string of the molecule is CC(C)(CNC(=O)Nc1c(F)c(F)c(F)c(F)c1F)O[SiH3]. The van der Waals surface area contributed by atoms with Crippen LogP contribution in [0.1, 0.15) is 13.8 Å². The van der Waals surface area contributed by atoms with Crippen LogP contribution in [0.2, 0.25) is 0 Å². The first-order chi connectivity index (χ1) is 9.60. The summed E-state index contributed by atoms with van der Waals surface area (Å²) in [6.07, 6.45) is 0. The third-order valence-electron chi connectivity index (χ3n) is 2.68. The van der Waals surface area contributed by atoms with Crippen molar-refractivity contribution in [2.45, 2.75) is 19.4 Å². The maximum absolute atomic E-state index is 13.3. The molecule has 0 saturated carbocycles. The Morgan fingerprint density at radius 2 is 1.48 bits per heavy atom. The summed E-state index contributed by atoms with van der Waals surface area (Å²) in [7, 11) is 0.396. The molecule has 0 radical (unpaired) electrons. The van der Waals surface area contributed by atoms with Gasteiger partial charge in [-0.15, -0.1) is 0 Å². The molecule has 2 N–H and O–H groups in total. The highest BCUT2D eigenvalue weighted by Crippen LogP contribution is 2.26. The molecule has 0 spiro atoms. The second-order valence-electron chi connectivity index (χ2n) is 4.72. The molecule has 0 aliphatic carbocycles. The monoisotopic (exact) mass is 328 g/mol. The van der Waals surface area contributed by atoms with Crippen LogP contribution in [0.3, 0.4) is 0 Å². The first-order valence-corrected chi connectivity index (χ1v) is 6.54. The van der Waals surface area contributed by atoms with Crippen LogP contribution >= 0.6 is 0 Å². The van der Waals surface area contributed by atoms with Gasteiger partial charge in [-0.1, -0.05) is 0 Å². The van der Waals surface area contributed by atoms with Crippen LogP contribution < -0.4 is 10.6 Å². The molecule has 0 bridgehead atoms. The lowest BCUT2D eigenvalue weighted by Crippen LogP contribution is -2.42. The van der Waals surface area contributed by atoms with E-state index in [0.29, 0.717) is 10.5 Å². The van der Waals surface area contributed by atoms with Crippen molar-refractivity contribution < 1.29 is 31.2 Å². The summed E-state index contributed by atoms with van der Waals surface area (Å²) in [4.78, 5) is 11.4. The Kier molecular flexibility index (Phi) is 5.29. The van der Waals surface area contributed by atoms with Gasteiger partial charge in [0.05, 0.1) is 5.60 Å². The van der Waals surface area contributed by atoms with Gasteiger partial charge in [-0.05, 0) is 13.8 Å². The zero-order chi connectivity index (χ0) is 16.4. The molecule has 2 amide bonds. The predicted molar refractivity (Wildman–Crippen MR) is 68.4 cm³/mol. The molecule has 0 unspecified atom stereocenters. The Bertz CT molecular complexity index is 539. The molecule has 0 heterocycles. The van der Waals surface area contributed by atoms with Crippen LogP contribution in [-0.4, -0.2) is 28.7 Å². The third-order valence-corrected chi connectivity index (χ3v) is 3.78. The van der Waals surface area contributed by atoms with E-state index < -0.39 is 46.4 Å². The van der Waals surface area contributed by atoms with Gasteiger partial charge in [0, 0.05) is 6.54 Å². The first kappa shape index (κ1) is 17.4. The quantitative estimate of drug-likeness (QED) is 0.382. The van der Waals surface area contributed by atoms with E-state index >= 15 is 0 Å². The molecular weight excluding hydrogens is 315 g/mol. The Morgan fingerprint density at radius 1 is 1.05 bits per heavy atom. The van der Waals surface area contributed by atoms with Crippen LogP contribution in [0.4, 0.5) is 32.4 Å². The fraction of sp³-hybridized carbons (Fsp3) is 0.364. The standard InChI is InChI=1S/C11H13F5N2O2Si/c1-11(2,20-21)3-17-10(19)18-9-7(15)5(13)4(12)6(14)8(9)16/h3H2,1-2,21H3,(H2,17,18,19). The third kappa shape index (κ3) is 3.91. The molecule has 1 rings (SSSR count). The fourth-order valence-corrected chi connectivity index (χ4v) is 1.38. The number of halogens is 5. The Morgan fingerprint density at radius 3 is 1.90 bits per heavy atom. The number of carbonyl (C=O) groups excluding carboxylic acids is 1. The van der Waals surface area contributed by atoms with Crippen molar-refractivity contribution >= 4 is 22.2 Å². The Labute approximate surface area is 120 Å². The molecule has 0 aliphatic rings. The number of amides is 2. The smallest absolute Gasteiger partial charge is 0.319 e. The second kappa shape index (κ2) is 6.39. The highest BCUT2D eigenvalue weighted by Gasteiger charge is 2.27. The molecule has 118 valence electrons. The van der Waals surface area contributed by atoms with E-state index in [1.54, 1.807) is 19.2 Å². The van der Waals surface area contributed by atoms with Crippen molar-refractivity contribution in [3.63, 3.8) is 0 Å². The van der Waals surface area contributed by atoms with E-state index in [1.807, 2.05) is 0 Å². The van der Waals surface area contributed by atoms with E-state index in [0.717, 1.165) is 0 Å². The Balaban J connectivity index is 2.92. The van der Waals surface area contributed by atoms with Gasteiger partial charge < -0.3 is 15.1 Å². The summed E-state index contributed by atoms with van der Waals surface area (Å²) in [6.45, 7) is 3.29. The van der Waals surface area contributed by atoms with Gasteiger partial charge in [0.25, 0.3) is 0 Å². The molecule has 1 aromatic carbocycles. The number of rotatable bonds is 4. The highest BCUT2D eigenvalue weighted by molar-refractivity contribution is 5.98. The summed E-state index contributed by atoms with van der Waals surface area (Å²) in [6, 6.07) is -1.12. The van der Waals surface area contributed by atoms with Crippen LogP contribution in [0.5, 0.6) is 0 Å². The first-order valence-electron chi connectivity index (χ1n) is 5.72. The van der Waals surface area contributed by atoms with Crippen LogP contribution in [0, 0.1) is 29.1 Å². The molecule has 0 fully saturated rings. The lowest BCUT2D eigenvalue weighted by molar-refractivity contribution is 0.124. The maximum atomic E-state index is 13.3. The average Bonchev–Trinajstić information content (AvgIpc) is 2.45. The minimum Gasteiger partial charge on any atom is -0.421 e. The number of hydrogen-bond acceptors (Lipinski definition) is 2. The minimum absolute atomic E-state index is 0.0161. The summed E-state index contributed by atoms with van der Waals surface area (Å²) < 4.78 is 70.4. The number of carbonyl (C=O) groups is 1. The Hall–Kier alpha value is -1.68. The molecule has 0 aliphatic heterocycles. The number of nitrogens with one attached hydrogen (secondary N) is 2. The predicted octanol–water partition coefficient (Wildman–Crippen LogP) is 1.58. The van der Waals surface area contributed by atoms with Crippen molar-refractivity contribution in [1.82, 2.24) is 5.32 Å². The van der Waals surface area contributed by atoms with Gasteiger partial charge in [-0.2, -0.15) is 0 Å². The van der Waals surface area contributed by atoms with Crippen LogP contribution in [-0.2, 0) is 4.43 Å². The molecule has 10 heteroatoms. The van der Waals surface area contributed by atoms with Crippen molar-refractivity contribution in [2.24, 2.45) is 0 Å². The van der Waals surface area contributed by atoms with Gasteiger partial charge in [0.2, 0.25) is 5.82 Å². The molecular formula is C11H13F5N2O2Si. The lowest BCUT2D eigenvalue weighted by Gasteiger charge is -2.24. The fourth-order valence-electron chi connectivity index (χ4n) is 1.24. The average molecular weight is 328 g/mol. The number of hydrogen-bond donors (Lipinski definition) is 2. The molecule has 0 aromatic heterocycles. The van der Waals surface area contributed by atoms with Crippen molar-refractivity contribution in [2.75, 3.05) is 11.9 Å². The van der Waals surface area contributed by atoms with Gasteiger partial charge in [0.1, 0.15) is 16.2 Å². The normalized spacial score (nSPS) is 11.6. The van der Waals surface area contributed by atoms with E-state index in [4.69, 9.17) is 4.43 Å².